The summed E-state index contributed by atoms with van der Waals surface area (Å²) in [6.07, 6.45) is 6.42. The van der Waals surface area contributed by atoms with Crippen LogP contribution < -0.4 is 4.74 Å². The molecule has 88 valence electrons. The molecule has 0 radical (unpaired) electrons. The van der Waals surface area contributed by atoms with Gasteiger partial charge in [0.05, 0.1) is 13.7 Å². The monoisotopic (exact) mass is 220 g/mol. The van der Waals surface area contributed by atoms with Crippen molar-refractivity contribution >= 4 is 0 Å². The van der Waals surface area contributed by atoms with Crippen molar-refractivity contribution < 1.29 is 9.47 Å². The highest BCUT2D eigenvalue weighted by molar-refractivity contribution is 5.26. The molecule has 0 atom stereocenters. The van der Waals surface area contributed by atoms with Crippen LogP contribution >= 0.6 is 0 Å². The maximum Gasteiger partial charge on any atom is 0.118 e. The van der Waals surface area contributed by atoms with E-state index < -0.39 is 0 Å². The van der Waals surface area contributed by atoms with Crippen LogP contribution in [0.4, 0.5) is 0 Å². The summed E-state index contributed by atoms with van der Waals surface area (Å²) < 4.78 is 10.7. The summed E-state index contributed by atoms with van der Waals surface area (Å²) >= 11 is 0. The molecular weight excluding hydrogens is 200 g/mol. The molecule has 0 N–H and O–H groups in total. The fraction of sp³-hybridized carbons (Fsp3) is 0.429. The van der Waals surface area contributed by atoms with E-state index in [1.165, 1.54) is 5.56 Å². The van der Waals surface area contributed by atoms with Crippen molar-refractivity contribution in [3.63, 3.8) is 0 Å². The van der Waals surface area contributed by atoms with Crippen LogP contribution in [0.3, 0.4) is 0 Å². The predicted octanol–water partition coefficient (Wildman–Crippen LogP) is 3.57. The average molecular weight is 220 g/mol. The van der Waals surface area contributed by atoms with Gasteiger partial charge in [0.1, 0.15) is 5.75 Å². The minimum absolute atomic E-state index is 0.680. The van der Waals surface area contributed by atoms with Crippen LogP contribution in [0, 0.1) is 0 Å². The average Bonchev–Trinajstić information content (AvgIpc) is 2.34. The molecular formula is C14H20O2. The minimum atomic E-state index is 0.680. The van der Waals surface area contributed by atoms with E-state index in [2.05, 4.69) is 12.2 Å². The Bertz CT molecular complexity index is 301. The molecule has 0 amide bonds. The fourth-order valence-electron chi connectivity index (χ4n) is 1.38. The molecule has 2 nitrogen and oxygen atoms in total. The maximum absolute atomic E-state index is 5.57. The van der Waals surface area contributed by atoms with Gasteiger partial charge in [0.25, 0.3) is 0 Å². The predicted molar refractivity (Wildman–Crippen MR) is 66.7 cm³/mol. The van der Waals surface area contributed by atoms with Crippen LogP contribution in [0.15, 0.2) is 36.4 Å². The Morgan fingerprint density at radius 2 is 1.94 bits per heavy atom. The summed E-state index contributed by atoms with van der Waals surface area (Å²) in [5, 5.41) is 0. The maximum atomic E-state index is 5.57. The lowest BCUT2D eigenvalue weighted by molar-refractivity contribution is 0.119. The van der Waals surface area contributed by atoms with E-state index in [0.29, 0.717) is 6.61 Å². The zero-order valence-electron chi connectivity index (χ0n) is 10.1. The fourth-order valence-corrected chi connectivity index (χ4v) is 1.38. The number of rotatable bonds is 7. The van der Waals surface area contributed by atoms with Crippen LogP contribution in [0.2, 0.25) is 0 Å². The minimum Gasteiger partial charge on any atom is -0.497 e. The Morgan fingerprint density at radius 3 is 2.56 bits per heavy atom. The molecule has 0 heterocycles. The molecule has 1 aromatic rings. The van der Waals surface area contributed by atoms with Gasteiger partial charge in [0.2, 0.25) is 0 Å². The van der Waals surface area contributed by atoms with Gasteiger partial charge in [0, 0.05) is 6.61 Å². The van der Waals surface area contributed by atoms with E-state index in [4.69, 9.17) is 9.47 Å². The van der Waals surface area contributed by atoms with Crippen LogP contribution in [0.1, 0.15) is 25.3 Å². The Labute approximate surface area is 97.9 Å². The molecule has 0 aliphatic carbocycles. The van der Waals surface area contributed by atoms with Gasteiger partial charge < -0.3 is 9.47 Å². The molecule has 0 fully saturated rings. The molecule has 0 aliphatic rings. The summed E-state index contributed by atoms with van der Waals surface area (Å²) in [5.41, 5.74) is 1.19. The van der Waals surface area contributed by atoms with Gasteiger partial charge in [-0.25, -0.2) is 0 Å². The molecule has 1 aromatic carbocycles. The van der Waals surface area contributed by atoms with Crippen LogP contribution in [-0.4, -0.2) is 13.7 Å². The van der Waals surface area contributed by atoms with Gasteiger partial charge >= 0.3 is 0 Å². The van der Waals surface area contributed by atoms with E-state index in [9.17, 15) is 0 Å². The van der Waals surface area contributed by atoms with Gasteiger partial charge in [-0.05, 0) is 37.5 Å². The molecule has 0 unspecified atom stereocenters. The first-order valence-electron chi connectivity index (χ1n) is 5.68. The molecule has 0 saturated carbocycles. The Hall–Kier alpha value is -1.28. The SMILES string of the molecule is C/C=C/CCCOCc1ccc(OC)cc1. The molecule has 0 saturated heterocycles. The number of benzene rings is 1. The van der Waals surface area contributed by atoms with Gasteiger partial charge in [-0.2, -0.15) is 0 Å². The zero-order chi connectivity index (χ0) is 11.6. The van der Waals surface area contributed by atoms with Crippen LogP contribution in [0.25, 0.3) is 0 Å². The zero-order valence-corrected chi connectivity index (χ0v) is 10.1. The number of ether oxygens (including phenoxy) is 2. The first-order chi connectivity index (χ1) is 7.86. The lowest BCUT2D eigenvalue weighted by Crippen LogP contribution is -1.95. The van der Waals surface area contributed by atoms with E-state index >= 15 is 0 Å². The second-order valence-corrected chi connectivity index (χ2v) is 3.61. The molecule has 0 bridgehead atoms. The Kier molecular flexibility index (Phi) is 6.35. The highest BCUT2D eigenvalue weighted by atomic mass is 16.5. The van der Waals surface area contributed by atoms with E-state index in [1.54, 1.807) is 7.11 Å². The van der Waals surface area contributed by atoms with E-state index in [-0.39, 0.29) is 0 Å². The number of allylic oxidation sites excluding steroid dienone is 2. The van der Waals surface area contributed by atoms with Crippen molar-refractivity contribution in [2.24, 2.45) is 0 Å². The van der Waals surface area contributed by atoms with Crippen molar-refractivity contribution in [2.75, 3.05) is 13.7 Å². The second-order valence-electron chi connectivity index (χ2n) is 3.61. The number of hydrogen-bond acceptors (Lipinski definition) is 2. The summed E-state index contributed by atoms with van der Waals surface area (Å²) in [7, 11) is 1.67. The lowest BCUT2D eigenvalue weighted by Gasteiger charge is -2.04. The largest absolute Gasteiger partial charge is 0.497 e. The summed E-state index contributed by atoms with van der Waals surface area (Å²) in [5.74, 6) is 0.886. The normalized spacial score (nSPS) is 10.9. The van der Waals surface area contributed by atoms with Crippen molar-refractivity contribution in [3.05, 3.63) is 42.0 Å². The number of unbranched alkanes of at least 4 members (excludes halogenated alkanes) is 1. The Balaban J connectivity index is 2.16. The van der Waals surface area contributed by atoms with Crippen molar-refractivity contribution in [1.29, 1.82) is 0 Å². The highest BCUT2D eigenvalue weighted by Crippen LogP contribution is 2.11. The molecule has 2 heteroatoms. The summed E-state index contributed by atoms with van der Waals surface area (Å²) in [6.45, 7) is 3.54. The van der Waals surface area contributed by atoms with Gasteiger partial charge in [-0.1, -0.05) is 24.3 Å². The van der Waals surface area contributed by atoms with Crippen molar-refractivity contribution in [2.45, 2.75) is 26.4 Å². The van der Waals surface area contributed by atoms with Gasteiger partial charge in [0.15, 0.2) is 0 Å². The smallest absolute Gasteiger partial charge is 0.118 e. The lowest BCUT2D eigenvalue weighted by atomic mass is 10.2. The van der Waals surface area contributed by atoms with Crippen LogP contribution in [-0.2, 0) is 11.3 Å². The molecule has 0 spiro atoms. The number of methoxy groups -OCH3 is 1. The Morgan fingerprint density at radius 1 is 1.19 bits per heavy atom. The van der Waals surface area contributed by atoms with Gasteiger partial charge in [-0.3, -0.25) is 0 Å². The topological polar surface area (TPSA) is 18.5 Å². The first-order valence-corrected chi connectivity index (χ1v) is 5.68. The highest BCUT2D eigenvalue weighted by Gasteiger charge is 1.94. The molecule has 16 heavy (non-hydrogen) atoms. The second kappa shape index (κ2) is 7.94. The van der Waals surface area contributed by atoms with Crippen LogP contribution in [0.5, 0.6) is 5.75 Å². The summed E-state index contributed by atoms with van der Waals surface area (Å²) in [6, 6.07) is 7.98. The van der Waals surface area contributed by atoms with Crippen molar-refractivity contribution in [3.8, 4) is 5.75 Å². The third-order valence-electron chi connectivity index (χ3n) is 2.32. The van der Waals surface area contributed by atoms with Crippen molar-refractivity contribution in [1.82, 2.24) is 0 Å². The molecule has 0 aliphatic heterocycles. The quantitative estimate of drug-likeness (QED) is 0.516. The third kappa shape index (κ3) is 4.99. The first kappa shape index (κ1) is 12.8. The summed E-state index contributed by atoms with van der Waals surface area (Å²) in [4.78, 5) is 0. The standard InChI is InChI=1S/C14H20O2/c1-3-4-5-6-11-16-12-13-7-9-14(15-2)10-8-13/h3-4,7-10H,5-6,11-12H2,1-2H3/b4-3+. The van der Waals surface area contributed by atoms with E-state index in [1.807, 2.05) is 31.2 Å². The van der Waals surface area contributed by atoms with Gasteiger partial charge in [-0.15, -0.1) is 0 Å². The van der Waals surface area contributed by atoms with E-state index in [0.717, 1.165) is 25.2 Å². The number of hydrogen-bond donors (Lipinski definition) is 0. The molecule has 0 aromatic heterocycles. The third-order valence-corrected chi connectivity index (χ3v) is 2.32. The molecule has 1 rings (SSSR count).